The minimum Gasteiger partial charge on any atom is -0.478 e. The average Bonchev–Trinajstić information content (AvgIpc) is 2.91. The first-order chi connectivity index (χ1) is 19.0. The maximum absolute atomic E-state index is 13.0. The summed E-state index contributed by atoms with van der Waals surface area (Å²) in [5, 5.41) is 9.45. The third-order valence-corrected chi connectivity index (χ3v) is 5.93. The lowest BCUT2D eigenvalue weighted by Crippen LogP contribution is -2.39. The van der Waals surface area contributed by atoms with E-state index in [2.05, 4.69) is 9.83 Å². The lowest BCUT2D eigenvalue weighted by atomic mass is 10.1. The minimum atomic E-state index is -1.12. The van der Waals surface area contributed by atoms with Gasteiger partial charge in [-0.1, -0.05) is 29.8 Å². The molecule has 7 N–H and O–H groups in total. The van der Waals surface area contributed by atoms with Gasteiger partial charge in [0.2, 0.25) is 5.91 Å². The monoisotopic (exact) mass is 567 g/mol. The Kier molecular flexibility index (Phi) is 10.2. The molecule has 0 saturated heterocycles. The van der Waals surface area contributed by atoms with Crippen molar-refractivity contribution in [1.82, 2.24) is 4.90 Å². The Morgan fingerprint density at radius 2 is 1.68 bits per heavy atom. The molecule has 1 amide bonds. The van der Waals surface area contributed by atoms with Crippen LogP contribution in [-0.2, 0) is 27.3 Å². The van der Waals surface area contributed by atoms with E-state index in [1.165, 1.54) is 41.3 Å². The number of hydrogen-bond donors (Lipinski definition) is 4. The Bertz CT molecular complexity index is 1440. The number of benzene rings is 3. The van der Waals surface area contributed by atoms with Crippen LogP contribution < -0.4 is 22.1 Å². The fourth-order valence-corrected chi connectivity index (χ4v) is 3.89. The Morgan fingerprint density at radius 1 is 0.950 bits per heavy atom. The van der Waals surface area contributed by atoms with Crippen LogP contribution in [0.15, 0.2) is 71.7 Å². The van der Waals surface area contributed by atoms with Crippen molar-refractivity contribution in [3.8, 4) is 5.75 Å². The number of carboxylic acid groups (broad SMARTS) is 1. The van der Waals surface area contributed by atoms with E-state index in [1.807, 2.05) is 0 Å². The van der Waals surface area contributed by atoms with Crippen LogP contribution in [0, 0.1) is 0 Å². The van der Waals surface area contributed by atoms with E-state index in [9.17, 15) is 24.3 Å². The van der Waals surface area contributed by atoms with Crippen LogP contribution in [-0.4, -0.2) is 52.9 Å². The van der Waals surface area contributed by atoms with Gasteiger partial charge in [-0.15, -0.1) is 0 Å². The molecule has 12 nitrogen and oxygen atoms in total. The number of carboxylic acids is 1. The number of hydrogen-bond acceptors (Lipinski definition) is 8. The molecule has 40 heavy (non-hydrogen) atoms. The molecule has 3 aromatic rings. The molecule has 0 fully saturated rings. The van der Waals surface area contributed by atoms with E-state index in [0.717, 1.165) is 0 Å². The van der Waals surface area contributed by atoms with Crippen molar-refractivity contribution >= 4 is 47.1 Å². The molecule has 0 saturated carbocycles. The Hall–Kier alpha value is -4.94. The number of halogens is 1. The molecular formula is C27H26ClN5O7. The summed E-state index contributed by atoms with van der Waals surface area (Å²) >= 11 is 6.40. The molecule has 0 atom stereocenters. The van der Waals surface area contributed by atoms with Crippen molar-refractivity contribution in [2.75, 3.05) is 13.1 Å². The highest BCUT2D eigenvalue weighted by atomic mass is 35.5. The SMILES string of the molecule is NOC(=O)CN(CCc1ccc(OC(=O)c2ccc(N=C(N)N)cc2)cc1Cl)C(=O)Cc1cccc(C(=O)O)c1. The minimum absolute atomic E-state index is 0.0359. The summed E-state index contributed by atoms with van der Waals surface area (Å²) in [6, 6.07) is 16.7. The molecule has 3 aromatic carbocycles. The zero-order valence-electron chi connectivity index (χ0n) is 21.1. The molecule has 208 valence electrons. The third-order valence-electron chi connectivity index (χ3n) is 5.58. The van der Waals surface area contributed by atoms with Crippen molar-refractivity contribution in [1.29, 1.82) is 0 Å². The van der Waals surface area contributed by atoms with Crippen molar-refractivity contribution < 1.29 is 33.9 Å². The van der Waals surface area contributed by atoms with E-state index < -0.39 is 30.4 Å². The van der Waals surface area contributed by atoms with Crippen LogP contribution in [0.1, 0.15) is 31.8 Å². The van der Waals surface area contributed by atoms with Crippen molar-refractivity contribution in [3.63, 3.8) is 0 Å². The van der Waals surface area contributed by atoms with Crippen LogP contribution in [0.25, 0.3) is 0 Å². The number of amides is 1. The second-order valence-corrected chi connectivity index (χ2v) is 8.87. The summed E-state index contributed by atoms with van der Waals surface area (Å²) in [6.45, 7) is -0.337. The average molecular weight is 568 g/mol. The Morgan fingerprint density at radius 3 is 2.30 bits per heavy atom. The number of carbonyl (C=O) groups excluding carboxylic acids is 3. The van der Waals surface area contributed by atoms with Gasteiger partial charge < -0.3 is 31.0 Å². The first kappa shape index (κ1) is 29.6. The van der Waals surface area contributed by atoms with Crippen LogP contribution in [0.3, 0.4) is 0 Å². The number of aromatic carboxylic acids is 1. The van der Waals surface area contributed by atoms with Crippen LogP contribution in [0.4, 0.5) is 5.69 Å². The number of nitrogens with two attached hydrogens (primary N) is 3. The number of carbonyl (C=O) groups is 4. The fraction of sp³-hybridized carbons (Fsp3) is 0.148. The second kappa shape index (κ2) is 13.7. The molecule has 0 heterocycles. The molecule has 0 aliphatic carbocycles. The van der Waals surface area contributed by atoms with Gasteiger partial charge in [0.1, 0.15) is 12.3 Å². The number of ether oxygens (including phenoxy) is 1. The van der Waals surface area contributed by atoms with Crippen LogP contribution >= 0.6 is 11.6 Å². The van der Waals surface area contributed by atoms with Gasteiger partial charge in [-0.05, 0) is 66.1 Å². The van der Waals surface area contributed by atoms with Crippen molar-refractivity contribution in [3.05, 3.63) is 94.0 Å². The van der Waals surface area contributed by atoms with Crippen molar-refractivity contribution in [2.24, 2.45) is 22.4 Å². The van der Waals surface area contributed by atoms with E-state index in [-0.39, 0.29) is 47.2 Å². The molecule has 3 rings (SSSR count). The molecule has 0 aliphatic heterocycles. The highest BCUT2D eigenvalue weighted by Gasteiger charge is 2.20. The maximum Gasteiger partial charge on any atom is 0.344 e. The molecular weight excluding hydrogens is 542 g/mol. The van der Waals surface area contributed by atoms with E-state index in [4.69, 9.17) is 33.7 Å². The number of esters is 1. The number of aliphatic imine (C=N–C) groups is 1. The molecule has 0 bridgehead atoms. The first-order valence-corrected chi connectivity index (χ1v) is 12.1. The van der Waals surface area contributed by atoms with Gasteiger partial charge in [-0.25, -0.2) is 19.4 Å². The van der Waals surface area contributed by atoms with Gasteiger partial charge in [0.25, 0.3) is 0 Å². The van der Waals surface area contributed by atoms with Gasteiger partial charge in [0.05, 0.1) is 23.2 Å². The quantitative estimate of drug-likeness (QED) is 0.0874. The van der Waals surface area contributed by atoms with Gasteiger partial charge >= 0.3 is 17.9 Å². The number of rotatable bonds is 11. The lowest BCUT2D eigenvalue weighted by Gasteiger charge is -2.22. The predicted molar refractivity (Wildman–Crippen MR) is 146 cm³/mol. The summed E-state index contributed by atoms with van der Waals surface area (Å²) < 4.78 is 5.39. The Labute approximate surface area is 233 Å². The van der Waals surface area contributed by atoms with Gasteiger partial charge in [0.15, 0.2) is 5.96 Å². The van der Waals surface area contributed by atoms with Gasteiger partial charge in [-0.3, -0.25) is 4.79 Å². The van der Waals surface area contributed by atoms with Crippen LogP contribution in [0.2, 0.25) is 5.02 Å². The van der Waals surface area contributed by atoms with E-state index in [1.54, 1.807) is 30.3 Å². The van der Waals surface area contributed by atoms with Crippen LogP contribution in [0.5, 0.6) is 5.75 Å². The van der Waals surface area contributed by atoms with Crippen molar-refractivity contribution in [2.45, 2.75) is 12.8 Å². The lowest BCUT2D eigenvalue weighted by molar-refractivity contribution is -0.149. The molecule has 0 radical (unpaired) electrons. The van der Waals surface area contributed by atoms with Gasteiger partial charge in [-0.2, -0.15) is 5.90 Å². The van der Waals surface area contributed by atoms with E-state index >= 15 is 0 Å². The molecule has 0 unspecified atom stereocenters. The standard InChI is InChI=1S/C27H26ClN5O7/c28-22-14-21(39-26(38)18-4-7-20(8-5-18)32-27(29)30)9-6-17(22)10-11-33(15-24(35)40-31)23(34)13-16-2-1-3-19(12-16)25(36)37/h1-9,12,14H,10-11,13,15,31H2,(H,36,37)(H4,29,30,32). The predicted octanol–water partition coefficient (Wildman–Crippen LogP) is 2.19. The highest BCUT2D eigenvalue weighted by Crippen LogP contribution is 2.24. The fourth-order valence-electron chi connectivity index (χ4n) is 3.62. The summed E-state index contributed by atoms with van der Waals surface area (Å²) in [4.78, 5) is 57.8. The molecule has 0 aliphatic rings. The topological polar surface area (TPSA) is 201 Å². The normalized spacial score (nSPS) is 10.3. The zero-order valence-corrected chi connectivity index (χ0v) is 21.8. The highest BCUT2D eigenvalue weighted by molar-refractivity contribution is 6.31. The van der Waals surface area contributed by atoms with Gasteiger partial charge in [0, 0.05) is 11.6 Å². The zero-order chi connectivity index (χ0) is 29.2. The summed E-state index contributed by atoms with van der Waals surface area (Å²) in [7, 11) is 0. The van der Waals surface area contributed by atoms with E-state index in [0.29, 0.717) is 16.8 Å². The Balaban J connectivity index is 1.66. The number of nitrogens with zero attached hydrogens (tertiary/aromatic N) is 2. The summed E-state index contributed by atoms with van der Waals surface area (Å²) in [6.07, 6.45) is 0.104. The third kappa shape index (κ3) is 8.55. The first-order valence-electron chi connectivity index (χ1n) is 11.8. The summed E-state index contributed by atoms with van der Waals surface area (Å²) in [5.74, 6) is 2.03. The maximum atomic E-state index is 13.0. The largest absolute Gasteiger partial charge is 0.478 e. The summed E-state index contributed by atoms with van der Waals surface area (Å²) in [5.41, 5.74) is 12.5. The second-order valence-electron chi connectivity index (χ2n) is 8.46. The number of guanidine groups is 1. The molecule has 13 heteroatoms. The molecule has 0 spiro atoms. The smallest absolute Gasteiger partial charge is 0.344 e. The molecule has 0 aromatic heterocycles.